The number of rotatable bonds is 2. The zero-order valence-electron chi connectivity index (χ0n) is 10.8. The third-order valence-electron chi connectivity index (χ3n) is 5.47. The highest BCUT2D eigenvalue weighted by atomic mass is 16.4. The van der Waals surface area contributed by atoms with E-state index in [1.807, 2.05) is 0 Å². The van der Waals surface area contributed by atoms with Crippen molar-refractivity contribution in [1.29, 1.82) is 0 Å². The molecule has 19 heavy (non-hydrogen) atoms. The van der Waals surface area contributed by atoms with Crippen LogP contribution in [-0.2, 0) is 0 Å². The van der Waals surface area contributed by atoms with Gasteiger partial charge in [0.1, 0.15) is 0 Å². The van der Waals surface area contributed by atoms with Crippen molar-refractivity contribution in [3.8, 4) is 0 Å². The molecule has 0 radical (unpaired) electrons. The third-order valence-corrected chi connectivity index (χ3v) is 5.47. The van der Waals surface area contributed by atoms with Gasteiger partial charge in [-0.25, -0.2) is 9.78 Å². The van der Waals surface area contributed by atoms with Gasteiger partial charge in [-0.3, -0.25) is 4.98 Å². The molecule has 0 atom stereocenters. The van der Waals surface area contributed by atoms with Crippen LogP contribution in [-0.4, -0.2) is 21.0 Å². The zero-order chi connectivity index (χ0) is 13.0. The monoisotopic (exact) mass is 258 g/mol. The van der Waals surface area contributed by atoms with E-state index in [4.69, 9.17) is 0 Å². The largest absolute Gasteiger partial charge is 0.476 e. The highest BCUT2D eigenvalue weighted by Crippen LogP contribution is 2.59. The highest BCUT2D eigenvalue weighted by Gasteiger charge is 2.50. The van der Waals surface area contributed by atoms with Crippen molar-refractivity contribution in [2.75, 3.05) is 0 Å². The third kappa shape index (κ3) is 1.69. The van der Waals surface area contributed by atoms with Crippen LogP contribution in [0.4, 0.5) is 0 Å². The minimum atomic E-state index is -0.933. The molecule has 1 aromatic heterocycles. The summed E-state index contributed by atoms with van der Waals surface area (Å²) < 4.78 is 0. The Kier molecular flexibility index (Phi) is 2.41. The molecule has 100 valence electrons. The van der Waals surface area contributed by atoms with Crippen LogP contribution in [0.1, 0.15) is 54.2 Å². The van der Waals surface area contributed by atoms with Crippen molar-refractivity contribution in [1.82, 2.24) is 9.97 Å². The molecule has 1 N–H and O–H groups in total. The van der Waals surface area contributed by atoms with E-state index in [1.54, 1.807) is 6.20 Å². The average molecular weight is 258 g/mol. The van der Waals surface area contributed by atoms with Crippen molar-refractivity contribution < 1.29 is 9.90 Å². The van der Waals surface area contributed by atoms with Gasteiger partial charge in [0, 0.05) is 18.3 Å². The molecule has 5 rings (SSSR count). The maximum Gasteiger partial charge on any atom is 0.356 e. The Morgan fingerprint density at radius 3 is 2.16 bits per heavy atom. The molecule has 1 aromatic rings. The molecule has 0 spiro atoms. The van der Waals surface area contributed by atoms with Gasteiger partial charge in [-0.1, -0.05) is 0 Å². The zero-order valence-corrected chi connectivity index (χ0v) is 10.8. The summed E-state index contributed by atoms with van der Waals surface area (Å²) in [7, 11) is 0. The first-order valence-electron chi connectivity index (χ1n) is 7.26. The molecular formula is C15H18N2O2. The maximum atomic E-state index is 11.4. The second kappa shape index (κ2) is 4.02. The number of aromatic nitrogens is 2. The Bertz CT molecular complexity index is 501. The van der Waals surface area contributed by atoms with Gasteiger partial charge in [-0.2, -0.15) is 0 Å². The molecule has 4 heteroatoms. The van der Waals surface area contributed by atoms with Crippen molar-refractivity contribution >= 4 is 5.97 Å². The van der Waals surface area contributed by atoms with Crippen LogP contribution < -0.4 is 0 Å². The van der Waals surface area contributed by atoms with E-state index in [0.717, 1.165) is 17.5 Å². The number of hydrogen-bond acceptors (Lipinski definition) is 3. The Morgan fingerprint density at radius 1 is 1.00 bits per heavy atom. The maximum absolute atomic E-state index is 11.4. The predicted octanol–water partition coefficient (Wildman–Crippen LogP) is 2.71. The lowest BCUT2D eigenvalue weighted by Crippen LogP contribution is -2.44. The van der Waals surface area contributed by atoms with Crippen LogP contribution in [0.2, 0.25) is 0 Å². The normalized spacial score (nSPS) is 39.5. The number of hydrogen-bond donors (Lipinski definition) is 1. The van der Waals surface area contributed by atoms with E-state index in [-0.39, 0.29) is 5.69 Å². The quantitative estimate of drug-likeness (QED) is 0.886. The van der Waals surface area contributed by atoms with Gasteiger partial charge < -0.3 is 5.11 Å². The molecule has 4 nitrogen and oxygen atoms in total. The standard InChI is InChI=1S/C15H18N2O2/c18-15(19)14-13(16-1-2-17-14)12-10-4-8-3-9(6-10)7-11(12)5-8/h1-2,8-12H,3-7H2,(H,18,19). The summed E-state index contributed by atoms with van der Waals surface area (Å²) in [6.07, 6.45) is 9.63. The van der Waals surface area contributed by atoms with E-state index in [9.17, 15) is 9.90 Å². The van der Waals surface area contributed by atoms with Crippen LogP contribution in [0.3, 0.4) is 0 Å². The Morgan fingerprint density at radius 2 is 1.58 bits per heavy atom. The van der Waals surface area contributed by atoms with Gasteiger partial charge in [0.25, 0.3) is 0 Å². The topological polar surface area (TPSA) is 63.1 Å². The minimum absolute atomic E-state index is 0.181. The lowest BCUT2D eigenvalue weighted by atomic mass is 9.51. The number of carbonyl (C=O) groups is 1. The molecule has 0 aliphatic heterocycles. The van der Waals surface area contributed by atoms with Crippen LogP contribution in [0, 0.1) is 23.7 Å². The van der Waals surface area contributed by atoms with Crippen LogP contribution in [0.25, 0.3) is 0 Å². The molecule has 4 aliphatic carbocycles. The fourth-order valence-electron chi connectivity index (χ4n) is 5.13. The second-order valence-corrected chi connectivity index (χ2v) is 6.55. The molecule has 4 bridgehead atoms. The molecule has 4 aliphatic rings. The van der Waals surface area contributed by atoms with E-state index in [1.165, 1.54) is 38.3 Å². The number of nitrogens with zero attached hydrogens (tertiary/aromatic N) is 2. The van der Waals surface area contributed by atoms with Crippen molar-refractivity contribution in [3.63, 3.8) is 0 Å². The highest BCUT2D eigenvalue weighted by molar-refractivity contribution is 5.86. The molecule has 0 amide bonds. The average Bonchev–Trinajstić information content (AvgIpc) is 2.37. The Labute approximate surface area is 112 Å². The van der Waals surface area contributed by atoms with Crippen molar-refractivity contribution in [2.45, 2.75) is 38.0 Å². The van der Waals surface area contributed by atoms with E-state index >= 15 is 0 Å². The first kappa shape index (κ1) is 11.4. The summed E-state index contributed by atoms with van der Waals surface area (Å²) >= 11 is 0. The fraction of sp³-hybridized carbons (Fsp3) is 0.667. The summed E-state index contributed by atoms with van der Waals surface area (Å²) in [6.45, 7) is 0. The Hall–Kier alpha value is -1.45. The van der Waals surface area contributed by atoms with E-state index in [2.05, 4.69) is 9.97 Å². The van der Waals surface area contributed by atoms with Crippen LogP contribution in [0.5, 0.6) is 0 Å². The Balaban J connectivity index is 1.75. The molecule has 0 aromatic carbocycles. The lowest BCUT2D eigenvalue weighted by Gasteiger charge is -2.54. The van der Waals surface area contributed by atoms with Gasteiger partial charge in [-0.05, 0) is 55.8 Å². The smallest absolute Gasteiger partial charge is 0.356 e. The second-order valence-electron chi connectivity index (χ2n) is 6.55. The first-order valence-corrected chi connectivity index (χ1v) is 7.26. The molecule has 4 saturated carbocycles. The van der Waals surface area contributed by atoms with Crippen molar-refractivity contribution in [3.05, 3.63) is 23.8 Å². The molecule has 0 saturated heterocycles. The molecule has 0 unspecified atom stereocenters. The number of aromatic carboxylic acids is 1. The SMILES string of the molecule is O=C(O)c1nccnc1C1C2CC3CC(C2)CC1C3. The molecule has 4 fully saturated rings. The summed E-state index contributed by atoms with van der Waals surface area (Å²) in [5.74, 6) is 2.48. The summed E-state index contributed by atoms with van der Waals surface area (Å²) in [4.78, 5) is 19.8. The lowest BCUT2D eigenvalue weighted by molar-refractivity contribution is -0.00472. The summed E-state index contributed by atoms with van der Waals surface area (Å²) in [5.41, 5.74) is 0.934. The number of carboxylic acids is 1. The van der Waals surface area contributed by atoms with Gasteiger partial charge in [0.15, 0.2) is 5.69 Å². The van der Waals surface area contributed by atoms with Crippen LogP contribution >= 0.6 is 0 Å². The fourth-order valence-corrected chi connectivity index (χ4v) is 5.13. The minimum Gasteiger partial charge on any atom is -0.476 e. The predicted molar refractivity (Wildman–Crippen MR) is 68.8 cm³/mol. The van der Waals surface area contributed by atoms with E-state index in [0.29, 0.717) is 17.8 Å². The first-order chi connectivity index (χ1) is 9.22. The van der Waals surface area contributed by atoms with Crippen LogP contribution in [0.15, 0.2) is 12.4 Å². The molecule has 1 heterocycles. The van der Waals surface area contributed by atoms with E-state index < -0.39 is 5.97 Å². The van der Waals surface area contributed by atoms with Gasteiger partial charge in [0.2, 0.25) is 0 Å². The van der Waals surface area contributed by atoms with Gasteiger partial charge >= 0.3 is 5.97 Å². The number of carboxylic acid groups (broad SMARTS) is 1. The van der Waals surface area contributed by atoms with Gasteiger partial charge in [-0.15, -0.1) is 0 Å². The molecular weight excluding hydrogens is 240 g/mol. The van der Waals surface area contributed by atoms with Gasteiger partial charge in [0.05, 0.1) is 5.69 Å². The van der Waals surface area contributed by atoms with Crippen molar-refractivity contribution in [2.24, 2.45) is 23.7 Å². The summed E-state index contributed by atoms with van der Waals surface area (Å²) in [6, 6.07) is 0. The summed E-state index contributed by atoms with van der Waals surface area (Å²) in [5, 5.41) is 9.32.